The van der Waals surface area contributed by atoms with Crippen LogP contribution in [0.15, 0.2) is 58.7 Å². The molecule has 0 aliphatic rings. The first-order chi connectivity index (χ1) is 14.8. The van der Waals surface area contributed by atoms with Crippen molar-refractivity contribution in [2.24, 2.45) is 0 Å². The molecule has 31 heavy (non-hydrogen) atoms. The summed E-state index contributed by atoms with van der Waals surface area (Å²) < 4.78 is 1.75. The number of fused-ring (bicyclic) bond motifs is 1. The molecule has 0 fully saturated rings. The number of nitrogens with zero attached hydrogens (tertiary/aromatic N) is 3. The van der Waals surface area contributed by atoms with E-state index in [1.807, 2.05) is 30.5 Å². The summed E-state index contributed by atoms with van der Waals surface area (Å²) in [6.07, 6.45) is 0.663. The van der Waals surface area contributed by atoms with Crippen molar-refractivity contribution in [1.29, 1.82) is 5.26 Å². The number of hydrogen-bond acceptors (Lipinski definition) is 4. The summed E-state index contributed by atoms with van der Waals surface area (Å²) in [4.78, 5) is 19.2. The summed E-state index contributed by atoms with van der Waals surface area (Å²) in [5.74, 6) is 0.761. The van der Waals surface area contributed by atoms with E-state index in [9.17, 15) is 10.1 Å². The third kappa shape index (κ3) is 4.04. The number of hydrogen-bond donors (Lipinski definition) is 0. The largest absolute Gasteiger partial charge is 0.292 e. The van der Waals surface area contributed by atoms with Gasteiger partial charge in [0.05, 0.1) is 23.6 Å². The van der Waals surface area contributed by atoms with Gasteiger partial charge in [0.2, 0.25) is 0 Å². The smallest absolute Gasteiger partial charge is 0.263 e. The van der Waals surface area contributed by atoms with Gasteiger partial charge in [-0.05, 0) is 34.2 Å². The summed E-state index contributed by atoms with van der Waals surface area (Å²) in [5, 5.41) is 11.9. The topological polar surface area (TPSA) is 58.7 Å². The van der Waals surface area contributed by atoms with Crippen LogP contribution in [-0.2, 0) is 18.4 Å². The second kappa shape index (κ2) is 8.13. The van der Waals surface area contributed by atoms with E-state index in [0.717, 1.165) is 27.3 Å². The predicted octanol–water partition coefficient (Wildman–Crippen LogP) is 5.90. The van der Waals surface area contributed by atoms with Crippen LogP contribution >= 0.6 is 11.3 Å². The summed E-state index contributed by atoms with van der Waals surface area (Å²) in [7, 11) is 0. The van der Waals surface area contributed by atoms with Gasteiger partial charge < -0.3 is 0 Å². The van der Waals surface area contributed by atoms with E-state index < -0.39 is 0 Å². The molecule has 0 atom stereocenters. The number of thiophene rings is 1. The van der Waals surface area contributed by atoms with E-state index in [0.29, 0.717) is 23.9 Å². The van der Waals surface area contributed by atoms with Gasteiger partial charge in [-0.15, -0.1) is 11.3 Å². The first-order valence-electron chi connectivity index (χ1n) is 10.4. The summed E-state index contributed by atoms with van der Waals surface area (Å²) in [6, 6.07) is 18.0. The third-order valence-electron chi connectivity index (χ3n) is 5.55. The monoisotopic (exact) mass is 427 g/mol. The number of aryl methyl sites for hydroxylation is 1. The van der Waals surface area contributed by atoms with E-state index >= 15 is 0 Å². The highest BCUT2D eigenvalue weighted by Gasteiger charge is 2.18. The summed E-state index contributed by atoms with van der Waals surface area (Å²) >= 11 is 1.52. The van der Waals surface area contributed by atoms with E-state index in [-0.39, 0.29) is 11.0 Å². The van der Waals surface area contributed by atoms with Gasteiger partial charge in [-0.3, -0.25) is 9.36 Å². The Balaban J connectivity index is 1.84. The quantitative estimate of drug-likeness (QED) is 0.407. The molecule has 5 heteroatoms. The maximum absolute atomic E-state index is 13.6. The second-order valence-corrected chi connectivity index (χ2v) is 9.60. The molecule has 0 N–H and O–H groups in total. The van der Waals surface area contributed by atoms with Crippen molar-refractivity contribution in [2.45, 2.75) is 46.1 Å². The first-order valence-corrected chi connectivity index (χ1v) is 11.3. The number of rotatable bonds is 4. The van der Waals surface area contributed by atoms with Crippen molar-refractivity contribution in [1.82, 2.24) is 9.55 Å². The van der Waals surface area contributed by atoms with Crippen LogP contribution in [0.4, 0.5) is 0 Å². The Kier molecular flexibility index (Phi) is 5.51. The molecule has 0 spiro atoms. The molecule has 4 rings (SSSR count). The van der Waals surface area contributed by atoms with E-state index in [1.54, 1.807) is 10.6 Å². The molecule has 0 aliphatic heterocycles. The minimum Gasteiger partial charge on any atom is -0.292 e. The average molecular weight is 428 g/mol. The molecule has 156 valence electrons. The van der Waals surface area contributed by atoms with Crippen LogP contribution in [0, 0.1) is 11.3 Å². The molecular weight excluding hydrogens is 402 g/mol. The molecule has 4 nitrogen and oxygen atoms in total. The SMILES string of the molecule is CCc1nc2scc(-c3ccc(C(C)(C)C)cc3)c2c(=O)n1Cc1cccc(C#N)c1. The zero-order valence-electron chi connectivity index (χ0n) is 18.3. The first kappa shape index (κ1) is 21.0. The lowest BCUT2D eigenvalue weighted by molar-refractivity contribution is 0.590. The Morgan fingerprint density at radius 2 is 1.87 bits per heavy atom. The van der Waals surface area contributed by atoms with Gasteiger partial charge >= 0.3 is 0 Å². The summed E-state index contributed by atoms with van der Waals surface area (Å²) in [6.45, 7) is 8.99. The lowest BCUT2D eigenvalue weighted by atomic mass is 9.86. The molecule has 2 heterocycles. The van der Waals surface area contributed by atoms with Gasteiger partial charge in [-0.1, -0.05) is 64.1 Å². The van der Waals surface area contributed by atoms with Gasteiger partial charge in [0.15, 0.2) is 0 Å². The van der Waals surface area contributed by atoms with Crippen LogP contribution < -0.4 is 5.56 Å². The molecule has 0 saturated carbocycles. The van der Waals surface area contributed by atoms with Crippen LogP contribution in [-0.4, -0.2) is 9.55 Å². The fraction of sp³-hybridized carbons (Fsp3) is 0.269. The van der Waals surface area contributed by atoms with Crippen LogP contribution in [0.1, 0.15) is 50.2 Å². The Hall–Kier alpha value is -3.23. The van der Waals surface area contributed by atoms with Crippen LogP contribution in [0.3, 0.4) is 0 Å². The van der Waals surface area contributed by atoms with Crippen molar-refractivity contribution >= 4 is 21.6 Å². The highest BCUT2D eigenvalue weighted by atomic mass is 32.1. The predicted molar refractivity (Wildman–Crippen MR) is 128 cm³/mol. The molecule has 0 amide bonds. The van der Waals surface area contributed by atoms with Gasteiger partial charge in [-0.25, -0.2) is 4.98 Å². The fourth-order valence-corrected chi connectivity index (χ4v) is 4.74. The molecule has 2 aromatic carbocycles. The second-order valence-electron chi connectivity index (χ2n) is 8.74. The fourth-order valence-electron chi connectivity index (χ4n) is 3.78. The molecule has 0 bridgehead atoms. The average Bonchev–Trinajstić information content (AvgIpc) is 3.19. The summed E-state index contributed by atoms with van der Waals surface area (Å²) in [5.41, 5.74) is 4.78. The van der Waals surface area contributed by atoms with Gasteiger partial charge in [0.25, 0.3) is 5.56 Å². The van der Waals surface area contributed by atoms with Crippen molar-refractivity contribution < 1.29 is 0 Å². The van der Waals surface area contributed by atoms with E-state index in [1.165, 1.54) is 16.9 Å². The molecular formula is C26H25N3OS. The van der Waals surface area contributed by atoms with Crippen molar-refractivity contribution in [3.05, 3.63) is 86.8 Å². The third-order valence-corrected chi connectivity index (χ3v) is 6.42. The maximum Gasteiger partial charge on any atom is 0.263 e. The molecule has 2 aromatic heterocycles. The lowest BCUT2D eigenvalue weighted by Crippen LogP contribution is -2.25. The zero-order valence-corrected chi connectivity index (χ0v) is 19.1. The molecule has 0 radical (unpaired) electrons. The minimum atomic E-state index is -0.0274. The van der Waals surface area contributed by atoms with Crippen LogP contribution in [0.25, 0.3) is 21.3 Å². The maximum atomic E-state index is 13.6. The standard InChI is InChI=1S/C26H25N3OS/c1-5-22-28-24-23(25(30)29(22)15-18-8-6-7-17(13-18)14-27)21(16-31-24)19-9-11-20(12-10-19)26(2,3)4/h6-13,16H,5,15H2,1-4H3. The number of benzene rings is 2. The van der Waals surface area contributed by atoms with Crippen LogP contribution in [0.5, 0.6) is 0 Å². The van der Waals surface area contributed by atoms with Crippen LogP contribution in [0.2, 0.25) is 0 Å². The van der Waals surface area contributed by atoms with E-state index in [4.69, 9.17) is 4.98 Å². The zero-order chi connectivity index (χ0) is 22.2. The highest BCUT2D eigenvalue weighted by molar-refractivity contribution is 7.17. The van der Waals surface area contributed by atoms with Crippen molar-refractivity contribution in [3.63, 3.8) is 0 Å². The van der Waals surface area contributed by atoms with Gasteiger partial charge in [0.1, 0.15) is 10.7 Å². The van der Waals surface area contributed by atoms with E-state index in [2.05, 4.69) is 51.1 Å². The molecule has 0 saturated heterocycles. The Labute approximate surface area is 186 Å². The number of nitriles is 1. The van der Waals surface area contributed by atoms with Crippen molar-refractivity contribution in [3.8, 4) is 17.2 Å². The minimum absolute atomic E-state index is 0.0274. The Bertz CT molecular complexity index is 1350. The normalized spacial score (nSPS) is 11.6. The van der Waals surface area contributed by atoms with Gasteiger partial charge in [0, 0.05) is 17.4 Å². The Morgan fingerprint density at radius 3 is 2.52 bits per heavy atom. The molecule has 0 aliphatic carbocycles. The molecule has 0 unspecified atom stereocenters. The highest BCUT2D eigenvalue weighted by Crippen LogP contribution is 2.33. The Morgan fingerprint density at radius 1 is 1.13 bits per heavy atom. The lowest BCUT2D eigenvalue weighted by Gasteiger charge is -2.19. The number of aromatic nitrogens is 2. The van der Waals surface area contributed by atoms with Crippen molar-refractivity contribution in [2.75, 3.05) is 0 Å². The van der Waals surface area contributed by atoms with Gasteiger partial charge in [-0.2, -0.15) is 5.26 Å². The molecule has 4 aromatic rings.